The number of hydrogen-bond donors (Lipinski definition) is 2. The maximum absolute atomic E-state index is 12.4. The molecule has 7 heteroatoms. The average Bonchev–Trinajstić information content (AvgIpc) is 2.53. The molecule has 2 rings (SSSR count). The van der Waals surface area contributed by atoms with Gasteiger partial charge in [-0.2, -0.15) is 0 Å². The topological polar surface area (TPSA) is 95.7 Å². The molecule has 1 saturated heterocycles. The molecule has 0 radical (unpaired) electrons. The van der Waals surface area contributed by atoms with Crippen molar-refractivity contribution in [2.24, 2.45) is 5.84 Å². The van der Waals surface area contributed by atoms with Crippen LogP contribution in [0.5, 0.6) is 0 Å². The van der Waals surface area contributed by atoms with Crippen molar-refractivity contribution in [1.29, 1.82) is 0 Å². The van der Waals surface area contributed by atoms with E-state index in [4.69, 9.17) is 5.84 Å². The Balaban J connectivity index is 1.98. The number of hydrazine groups is 1. The zero-order chi connectivity index (χ0) is 15.4. The third-order valence-corrected chi connectivity index (χ3v) is 3.55. The monoisotopic (exact) mass is 290 g/mol. The van der Waals surface area contributed by atoms with Crippen LogP contribution in [0, 0.1) is 6.92 Å². The van der Waals surface area contributed by atoms with Gasteiger partial charge in [-0.1, -0.05) is 18.2 Å². The summed E-state index contributed by atoms with van der Waals surface area (Å²) >= 11 is 0. The minimum Gasteiger partial charge on any atom is -0.335 e. The van der Waals surface area contributed by atoms with E-state index in [-0.39, 0.29) is 5.91 Å². The maximum atomic E-state index is 12.4. The molecule has 1 heterocycles. The quantitative estimate of drug-likeness (QED) is 0.308. The van der Waals surface area contributed by atoms with E-state index in [1.54, 1.807) is 11.0 Å². The lowest BCUT2D eigenvalue weighted by Crippen LogP contribution is -2.54. The van der Waals surface area contributed by atoms with Gasteiger partial charge in [-0.15, -0.1) is 0 Å². The van der Waals surface area contributed by atoms with E-state index in [0.717, 1.165) is 5.56 Å². The van der Waals surface area contributed by atoms with Crippen LogP contribution in [0.15, 0.2) is 24.3 Å². The minimum atomic E-state index is -0.839. The van der Waals surface area contributed by atoms with Gasteiger partial charge in [0.25, 0.3) is 5.91 Å². The molecule has 1 fully saturated rings. The van der Waals surface area contributed by atoms with Gasteiger partial charge in [0, 0.05) is 31.7 Å². The SMILES string of the molecule is Cc1ccccc1C(=O)N1CCN(C(=O)C(=O)NN)CC1. The standard InChI is InChI=1S/C14H18N4O3/c1-10-4-2-3-5-11(10)13(20)17-6-8-18(9-7-17)14(21)12(19)16-15/h2-5H,6-9,15H2,1H3,(H,16,19). The molecule has 1 aliphatic rings. The van der Waals surface area contributed by atoms with E-state index in [1.807, 2.05) is 30.5 Å². The van der Waals surface area contributed by atoms with E-state index < -0.39 is 11.8 Å². The van der Waals surface area contributed by atoms with Crippen LogP contribution < -0.4 is 11.3 Å². The third-order valence-electron chi connectivity index (χ3n) is 3.55. The number of piperazine rings is 1. The largest absolute Gasteiger partial charge is 0.335 e. The first-order chi connectivity index (χ1) is 10.0. The van der Waals surface area contributed by atoms with Crippen molar-refractivity contribution in [3.63, 3.8) is 0 Å². The van der Waals surface area contributed by atoms with Gasteiger partial charge in [-0.05, 0) is 18.6 Å². The van der Waals surface area contributed by atoms with Crippen molar-refractivity contribution in [1.82, 2.24) is 15.2 Å². The molecule has 0 aliphatic carbocycles. The van der Waals surface area contributed by atoms with Crippen molar-refractivity contribution in [2.75, 3.05) is 26.2 Å². The van der Waals surface area contributed by atoms with Crippen LogP contribution in [0.25, 0.3) is 0 Å². The molecule has 1 aromatic rings. The number of nitrogens with zero attached hydrogens (tertiary/aromatic N) is 2. The summed E-state index contributed by atoms with van der Waals surface area (Å²) in [6, 6.07) is 7.38. The Morgan fingerprint density at radius 1 is 1.05 bits per heavy atom. The number of hydrogen-bond acceptors (Lipinski definition) is 4. The van der Waals surface area contributed by atoms with Gasteiger partial charge < -0.3 is 9.80 Å². The number of nitrogens with two attached hydrogens (primary N) is 1. The molecule has 3 N–H and O–H groups in total. The fourth-order valence-corrected chi connectivity index (χ4v) is 2.30. The highest BCUT2D eigenvalue weighted by Gasteiger charge is 2.28. The number of amides is 3. The van der Waals surface area contributed by atoms with Crippen molar-refractivity contribution >= 4 is 17.7 Å². The first-order valence-corrected chi connectivity index (χ1v) is 6.69. The van der Waals surface area contributed by atoms with E-state index in [9.17, 15) is 14.4 Å². The Morgan fingerprint density at radius 3 is 2.19 bits per heavy atom. The van der Waals surface area contributed by atoms with Gasteiger partial charge in [-0.3, -0.25) is 19.8 Å². The van der Waals surface area contributed by atoms with Gasteiger partial charge in [0.2, 0.25) is 0 Å². The summed E-state index contributed by atoms with van der Waals surface area (Å²) in [6.07, 6.45) is 0. The number of rotatable bonds is 1. The number of carbonyl (C=O) groups is 3. The van der Waals surface area contributed by atoms with Crippen LogP contribution in [-0.2, 0) is 9.59 Å². The van der Waals surface area contributed by atoms with Crippen LogP contribution in [0.3, 0.4) is 0 Å². The molecule has 7 nitrogen and oxygen atoms in total. The molecule has 0 aromatic heterocycles. The normalized spacial score (nSPS) is 14.8. The number of benzene rings is 1. The summed E-state index contributed by atoms with van der Waals surface area (Å²) in [6.45, 7) is 3.33. The molecule has 1 aromatic carbocycles. The molecule has 112 valence electrons. The third kappa shape index (κ3) is 3.19. The highest BCUT2D eigenvalue weighted by molar-refractivity contribution is 6.34. The van der Waals surface area contributed by atoms with Crippen LogP contribution in [0.1, 0.15) is 15.9 Å². The van der Waals surface area contributed by atoms with Crippen molar-refractivity contribution < 1.29 is 14.4 Å². The Bertz CT molecular complexity index is 565. The van der Waals surface area contributed by atoms with Gasteiger partial charge in [0.1, 0.15) is 0 Å². The molecule has 0 bridgehead atoms. The Morgan fingerprint density at radius 2 is 1.62 bits per heavy atom. The van der Waals surface area contributed by atoms with E-state index in [1.165, 1.54) is 4.90 Å². The van der Waals surface area contributed by atoms with Crippen molar-refractivity contribution in [3.8, 4) is 0 Å². The zero-order valence-corrected chi connectivity index (χ0v) is 11.8. The van der Waals surface area contributed by atoms with Crippen LogP contribution in [0.2, 0.25) is 0 Å². The smallest absolute Gasteiger partial charge is 0.323 e. The lowest BCUT2D eigenvalue weighted by atomic mass is 10.1. The van der Waals surface area contributed by atoms with Gasteiger partial charge in [0.15, 0.2) is 0 Å². The first kappa shape index (κ1) is 15.0. The Hall–Kier alpha value is -2.41. The summed E-state index contributed by atoms with van der Waals surface area (Å²) < 4.78 is 0. The molecular weight excluding hydrogens is 272 g/mol. The van der Waals surface area contributed by atoms with Crippen LogP contribution in [-0.4, -0.2) is 53.7 Å². The zero-order valence-electron chi connectivity index (χ0n) is 11.8. The van der Waals surface area contributed by atoms with Crippen LogP contribution in [0.4, 0.5) is 0 Å². The van der Waals surface area contributed by atoms with Gasteiger partial charge >= 0.3 is 11.8 Å². The van der Waals surface area contributed by atoms with E-state index >= 15 is 0 Å². The predicted molar refractivity (Wildman–Crippen MR) is 76.0 cm³/mol. The van der Waals surface area contributed by atoms with Crippen molar-refractivity contribution in [2.45, 2.75) is 6.92 Å². The molecular formula is C14H18N4O3. The second-order valence-electron chi connectivity index (χ2n) is 4.87. The minimum absolute atomic E-state index is 0.0523. The fraction of sp³-hybridized carbons (Fsp3) is 0.357. The summed E-state index contributed by atoms with van der Waals surface area (Å²) in [5.41, 5.74) is 3.40. The van der Waals surface area contributed by atoms with Crippen molar-refractivity contribution in [3.05, 3.63) is 35.4 Å². The molecule has 0 unspecified atom stereocenters. The second kappa shape index (κ2) is 6.36. The maximum Gasteiger partial charge on any atom is 0.323 e. The lowest BCUT2D eigenvalue weighted by Gasteiger charge is -2.34. The fourth-order valence-electron chi connectivity index (χ4n) is 2.30. The number of carbonyl (C=O) groups excluding carboxylic acids is 3. The Kier molecular flexibility index (Phi) is 4.54. The van der Waals surface area contributed by atoms with Crippen LogP contribution >= 0.6 is 0 Å². The highest BCUT2D eigenvalue weighted by Crippen LogP contribution is 2.12. The molecule has 3 amide bonds. The summed E-state index contributed by atoms with van der Waals surface area (Å²) in [5, 5.41) is 0. The average molecular weight is 290 g/mol. The lowest BCUT2D eigenvalue weighted by molar-refractivity contribution is -0.146. The van der Waals surface area contributed by atoms with E-state index in [0.29, 0.717) is 31.7 Å². The molecule has 1 aliphatic heterocycles. The Labute approximate surface area is 122 Å². The molecule has 21 heavy (non-hydrogen) atoms. The highest BCUT2D eigenvalue weighted by atomic mass is 16.2. The first-order valence-electron chi connectivity index (χ1n) is 6.69. The molecule has 0 saturated carbocycles. The summed E-state index contributed by atoms with van der Waals surface area (Å²) in [7, 11) is 0. The van der Waals surface area contributed by atoms with Gasteiger partial charge in [-0.25, -0.2) is 5.84 Å². The number of aryl methyl sites for hydroxylation is 1. The summed E-state index contributed by atoms with van der Waals surface area (Å²) in [5.74, 6) is 3.38. The molecule has 0 spiro atoms. The van der Waals surface area contributed by atoms with Gasteiger partial charge in [0.05, 0.1) is 0 Å². The number of nitrogens with one attached hydrogen (secondary N) is 1. The second-order valence-corrected chi connectivity index (χ2v) is 4.87. The van der Waals surface area contributed by atoms with E-state index in [2.05, 4.69) is 0 Å². The predicted octanol–water partition coefficient (Wildman–Crippen LogP) is -0.731. The summed E-state index contributed by atoms with van der Waals surface area (Å²) in [4.78, 5) is 38.3. The molecule has 0 atom stereocenters.